The predicted octanol–water partition coefficient (Wildman–Crippen LogP) is 5.15. The smallest absolute Gasteiger partial charge is 0.249 e. The summed E-state index contributed by atoms with van der Waals surface area (Å²) in [5.74, 6) is -0.394. The van der Waals surface area contributed by atoms with Crippen molar-refractivity contribution in [3.8, 4) is 0 Å². The highest BCUT2D eigenvalue weighted by Crippen LogP contribution is 2.33. The lowest BCUT2D eigenvalue weighted by atomic mass is 10.0. The number of benzene rings is 2. The third kappa shape index (κ3) is 2.90. The van der Waals surface area contributed by atoms with Gasteiger partial charge in [-0.25, -0.2) is 0 Å². The molecule has 0 spiro atoms. The van der Waals surface area contributed by atoms with Gasteiger partial charge < -0.3 is 10.3 Å². The van der Waals surface area contributed by atoms with Crippen LogP contribution in [0.2, 0.25) is 0 Å². The molecule has 1 radical (unpaired) electrons. The number of carbonyl (C=O) groups excluding carboxylic acids is 1. The summed E-state index contributed by atoms with van der Waals surface area (Å²) in [4.78, 5) is 13.3. The molecule has 2 heterocycles. The Morgan fingerprint density at radius 1 is 1.23 bits per heavy atom. The summed E-state index contributed by atoms with van der Waals surface area (Å²) in [6.45, 7) is 2.99. The monoisotopic (exact) mass is 361 g/mol. The Labute approximate surface area is 157 Å². The molecule has 26 heavy (non-hydrogen) atoms. The Kier molecular flexibility index (Phi) is 4.51. The molecular weight excluding hydrogens is 340 g/mol. The van der Waals surface area contributed by atoms with Crippen LogP contribution in [0.4, 0.5) is 0 Å². The Morgan fingerprint density at radius 3 is 2.85 bits per heavy atom. The van der Waals surface area contributed by atoms with Gasteiger partial charge in [-0.15, -0.1) is 11.3 Å². The minimum atomic E-state index is -0.394. The van der Waals surface area contributed by atoms with Gasteiger partial charge in [0.15, 0.2) is 0 Å². The van der Waals surface area contributed by atoms with Crippen LogP contribution in [0.5, 0.6) is 0 Å². The normalized spacial score (nSPS) is 11.4. The average Bonchev–Trinajstić information content (AvgIpc) is 3.27. The summed E-state index contributed by atoms with van der Waals surface area (Å²) >= 11 is 1.74. The lowest BCUT2D eigenvalue weighted by molar-refractivity contribution is 0.100. The van der Waals surface area contributed by atoms with E-state index < -0.39 is 5.91 Å². The van der Waals surface area contributed by atoms with E-state index in [0.29, 0.717) is 5.56 Å². The molecule has 0 atom stereocenters. The average molecular weight is 361 g/mol. The molecule has 4 rings (SSSR count). The minimum Gasteiger partial charge on any atom is -0.366 e. The third-order valence-corrected chi connectivity index (χ3v) is 5.69. The zero-order chi connectivity index (χ0) is 18.1. The van der Waals surface area contributed by atoms with E-state index in [0.717, 1.165) is 41.2 Å². The highest BCUT2D eigenvalue weighted by molar-refractivity contribution is 7.09. The van der Waals surface area contributed by atoms with E-state index in [-0.39, 0.29) is 0 Å². The highest BCUT2D eigenvalue weighted by atomic mass is 32.1. The molecule has 1 amide bonds. The molecule has 0 aliphatic heterocycles. The Balaban J connectivity index is 1.99. The van der Waals surface area contributed by atoms with E-state index in [1.807, 2.05) is 6.07 Å². The Hall–Kier alpha value is -2.59. The van der Waals surface area contributed by atoms with Crippen LogP contribution in [-0.2, 0) is 13.0 Å². The van der Waals surface area contributed by atoms with E-state index in [1.165, 1.54) is 16.9 Å². The van der Waals surface area contributed by atoms with Gasteiger partial charge in [-0.3, -0.25) is 4.79 Å². The lowest BCUT2D eigenvalue weighted by Gasteiger charge is -2.07. The van der Waals surface area contributed by atoms with Crippen molar-refractivity contribution in [1.29, 1.82) is 0 Å². The highest BCUT2D eigenvalue weighted by Gasteiger charge is 2.17. The van der Waals surface area contributed by atoms with Crippen LogP contribution in [0.15, 0.2) is 47.8 Å². The number of unbranched alkanes of at least 4 members (excludes halogenated alkanes) is 1. The number of hydrogen-bond acceptors (Lipinski definition) is 2. The topological polar surface area (TPSA) is 48.0 Å². The molecule has 0 aliphatic rings. The number of nitrogens with two attached hydrogens (primary N) is 1. The minimum absolute atomic E-state index is 0.394. The van der Waals surface area contributed by atoms with Crippen LogP contribution in [0, 0.1) is 6.07 Å². The van der Waals surface area contributed by atoms with Crippen molar-refractivity contribution in [2.45, 2.75) is 32.7 Å². The molecule has 2 aromatic heterocycles. The van der Waals surface area contributed by atoms with Crippen LogP contribution >= 0.6 is 11.3 Å². The number of carbonyl (C=O) groups is 1. The van der Waals surface area contributed by atoms with Crippen LogP contribution in [-0.4, -0.2) is 10.5 Å². The molecule has 0 fully saturated rings. The van der Waals surface area contributed by atoms with Gasteiger partial charge in [-0.2, -0.15) is 0 Å². The van der Waals surface area contributed by atoms with Gasteiger partial charge in [0.25, 0.3) is 0 Å². The van der Waals surface area contributed by atoms with Crippen LogP contribution in [0.25, 0.3) is 21.8 Å². The van der Waals surface area contributed by atoms with Gasteiger partial charge in [0.1, 0.15) is 0 Å². The Bertz CT molecular complexity index is 1080. The van der Waals surface area contributed by atoms with Crippen molar-refractivity contribution in [2.75, 3.05) is 0 Å². The van der Waals surface area contributed by atoms with Crippen molar-refractivity contribution in [2.24, 2.45) is 5.73 Å². The van der Waals surface area contributed by atoms with E-state index in [2.05, 4.69) is 53.3 Å². The molecule has 0 saturated heterocycles. The van der Waals surface area contributed by atoms with Crippen LogP contribution in [0.3, 0.4) is 0 Å². The number of nitrogens with zero attached hydrogens (tertiary/aromatic N) is 1. The molecule has 3 nitrogen and oxygen atoms in total. The van der Waals surface area contributed by atoms with E-state index in [1.54, 1.807) is 17.4 Å². The van der Waals surface area contributed by atoms with Crippen molar-refractivity contribution in [1.82, 2.24) is 4.57 Å². The van der Waals surface area contributed by atoms with E-state index >= 15 is 0 Å². The summed E-state index contributed by atoms with van der Waals surface area (Å²) in [5, 5.41) is 3.98. The largest absolute Gasteiger partial charge is 0.366 e. The number of amides is 1. The molecule has 2 N–H and O–H groups in total. The second kappa shape index (κ2) is 6.96. The maximum absolute atomic E-state index is 12.0. The van der Waals surface area contributed by atoms with Crippen molar-refractivity contribution in [3.05, 3.63) is 69.9 Å². The number of aryl methyl sites for hydroxylation is 1. The summed E-state index contributed by atoms with van der Waals surface area (Å²) < 4.78 is 2.29. The fourth-order valence-corrected chi connectivity index (χ4v) is 4.25. The zero-order valence-electron chi connectivity index (χ0n) is 14.8. The molecule has 4 heteroatoms. The SMILES string of the molecule is CCCCc1c[c]c2c3c(C(N)=O)cccc3n(Cc3cccs3)c2c1. The first-order valence-corrected chi connectivity index (χ1v) is 9.84. The first-order chi connectivity index (χ1) is 12.7. The van der Waals surface area contributed by atoms with Gasteiger partial charge in [0.05, 0.1) is 17.6 Å². The molecule has 0 unspecified atom stereocenters. The van der Waals surface area contributed by atoms with Crippen LogP contribution < -0.4 is 5.73 Å². The van der Waals surface area contributed by atoms with Crippen molar-refractivity contribution < 1.29 is 4.79 Å². The maximum atomic E-state index is 12.0. The molecule has 2 aromatic carbocycles. The van der Waals surface area contributed by atoms with Gasteiger partial charge in [-0.1, -0.05) is 31.5 Å². The second-order valence-electron chi connectivity index (χ2n) is 6.60. The van der Waals surface area contributed by atoms with E-state index in [4.69, 9.17) is 5.73 Å². The van der Waals surface area contributed by atoms with Gasteiger partial charge in [0.2, 0.25) is 5.91 Å². The first kappa shape index (κ1) is 16.9. The standard InChI is InChI=1S/C22H21N2OS/c1-2-3-6-15-10-11-17-20(13-15)24(14-16-7-5-12-26-16)19-9-4-8-18(21(17)19)22(23)25/h4-5,7-10,12-13H,2-3,6,14H2,1H3,(H2,23,25). The number of thiophene rings is 1. The number of primary amides is 1. The summed E-state index contributed by atoms with van der Waals surface area (Å²) in [7, 11) is 0. The van der Waals surface area contributed by atoms with Gasteiger partial charge in [-0.05, 0) is 54.1 Å². The predicted molar refractivity (Wildman–Crippen MR) is 109 cm³/mol. The molecule has 131 valence electrons. The maximum Gasteiger partial charge on any atom is 0.249 e. The molecule has 0 aliphatic carbocycles. The van der Waals surface area contributed by atoms with Crippen LogP contribution in [0.1, 0.15) is 40.6 Å². The third-order valence-electron chi connectivity index (χ3n) is 4.83. The zero-order valence-corrected chi connectivity index (χ0v) is 15.6. The number of fused-ring (bicyclic) bond motifs is 3. The van der Waals surface area contributed by atoms with E-state index in [9.17, 15) is 4.79 Å². The van der Waals surface area contributed by atoms with Gasteiger partial charge in [0, 0.05) is 21.2 Å². The molecule has 0 saturated carbocycles. The number of hydrogen-bond donors (Lipinski definition) is 1. The quantitative estimate of drug-likeness (QED) is 0.507. The molecule has 0 bridgehead atoms. The summed E-state index contributed by atoms with van der Waals surface area (Å²) in [6, 6.07) is 17.7. The summed E-state index contributed by atoms with van der Waals surface area (Å²) in [6.07, 6.45) is 3.38. The van der Waals surface area contributed by atoms with Crippen molar-refractivity contribution >= 4 is 39.0 Å². The number of aromatic nitrogens is 1. The Morgan fingerprint density at radius 2 is 2.12 bits per heavy atom. The lowest BCUT2D eigenvalue weighted by Crippen LogP contribution is -2.11. The second-order valence-corrected chi connectivity index (χ2v) is 7.63. The van der Waals surface area contributed by atoms with Crippen molar-refractivity contribution in [3.63, 3.8) is 0 Å². The molecule has 4 aromatic rings. The molecular formula is C22H21N2OS. The fourth-order valence-electron chi connectivity index (χ4n) is 3.56. The van der Waals surface area contributed by atoms with Gasteiger partial charge >= 0.3 is 0 Å². The number of rotatable bonds is 6. The summed E-state index contributed by atoms with van der Waals surface area (Å²) in [5.41, 5.74) is 9.66. The fraction of sp³-hybridized carbons (Fsp3) is 0.227. The first-order valence-electron chi connectivity index (χ1n) is 8.96.